The minimum Gasteiger partial charge on any atom is -0.466 e. The van der Waals surface area contributed by atoms with Crippen LogP contribution >= 0.6 is 0 Å². The van der Waals surface area contributed by atoms with Crippen LogP contribution in [0.3, 0.4) is 0 Å². The summed E-state index contributed by atoms with van der Waals surface area (Å²) < 4.78 is 4.92. The molecule has 1 fully saturated rings. The van der Waals surface area contributed by atoms with Crippen LogP contribution in [0.2, 0.25) is 0 Å². The summed E-state index contributed by atoms with van der Waals surface area (Å²) in [5, 5.41) is 3.46. The third kappa shape index (κ3) is 7.70. The Balaban J connectivity index is 1.82. The van der Waals surface area contributed by atoms with Gasteiger partial charge >= 0.3 is 5.97 Å². The monoisotopic (exact) mass is 255 g/mol. The molecular formula is C15H29NO2. The number of hydrogen-bond acceptors (Lipinski definition) is 3. The summed E-state index contributed by atoms with van der Waals surface area (Å²) in [4.78, 5) is 11.1. The van der Waals surface area contributed by atoms with Crippen molar-refractivity contribution in [2.75, 3.05) is 13.2 Å². The van der Waals surface area contributed by atoms with Gasteiger partial charge in [-0.15, -0.1) is 0 Å². The van der Waals surface area contributed by atoms with Gasteiger partial charge in [0.25, 0.3) is 0 Å². The summed E-state index contributed by atoms with van der Waals surface area (Å²) in [5.74, 6) is -0.0466. The second-order valence-electron chi connectivity index (χ2n) is 5.34. The predicted molar refractivity (Wildman–Crippen MR) is 74.6 cm³/mol. The van der Waals surface area contributed by atoms with Crippen LogP contribution < -0.4 is 5.32 Å². The van der Waals surface area contributed by atoms with Gasteiger partial charge in [-0.1, -0.05) is 51.9 Å². The molecule has 3 nitrogen and oxygen atoms in total. The maximum atomic E-state index is 11.1. The van der Waals surface area contributed by atoms with E-state index >= 15 is 0 Å². The van der Waals surface area contributed by atoms with Gasteiger partial charge in [0.15, 0.2) is 0 Å². The lowest BCUT2D eigenvalue weighted by molar-refractivity contribution is -0.147. The van der Waals surface area contributed by atoms with E-state index in [1.54, 1.807) is 0 Å². The molecule has 0 aromatic heterocycles. The Morgan fingerprint density at radius 1 is 1.11 bits per heavy atom. The van der Waals surface area contributed by atoms with Gasteiger partial charge in [0.1, 0.15) is 0 Å². The van der Waals surface area contributed by atoms with Crippen LogP contribution in [0.4, 0.5) is 0 Å². The van der Waals surface area contributed by atoms with Crippen LogP contribution in [0.15, 0.2) is 0 Å². The Labute approximate surface area is 112 Å². The zero-order chi connectivity index (χ0) is 13.1. The Morgan fingerprint density at radius 2 is 1.78 bits per heavy atom. The summed E-state index contributed by atoms with van der Waals surface area (Å²) in [6, 6.07) is 0.357. The molecule has 0 bridgehead atoms. The van der Waals surface area contributed by atoms with Crippen molar-refractivity contribution >= 4 is 5.97 Å². The lowest BCUT2D eigenvalue weighted by Gasteiger charge is -2.22. The van der Waals surface area contributed by atoms with Crippen molar-refractivity contribution in [3.63, 3.8) is 0 Å². The van der Waals surface area contributed by atoms with Crippen molar-refractivity contribution in [3.8, 4) is 0 Å². The number of carbonyl (C=O) groups is 1. The van der Waals surface area contributed by atoms with Crippen LogP contribution in [-0.4, -0.2) is 25.2 Å². The second-order valence-corrected chi connectivity index (χ2v) is 5.34. The number of nitrogens with one attached hydrogen (secondary N) is 1. The Hall–Kier alpha value is -0.570. The quantitative estimate of drug-likeness (QED) is 0.480. The molecule has 1 heterocycles. The van der Waals surface area contributed by atoms with E-state index in [4.69, 9.17) is 4.74 Å². The van der Waals surface area contributed by atoms with E-state index in [2.05, 4.69) is 12.2 Å². The second kappa shape index (κ2) is 10.4. The van der Waals surface area contributed by atoms with Crippen molar-refractivity contribution < 1.29 is 9.53 Å². The van der Waals surface area contributed by atoms with Crippen molar-refractivity contribution in [3.05, 3.63) is 0 Å². The number of esters is 1. The summed E-state index contributed by atoms with van der Waals surface area (Å²) in [7, 11) is 0. The fourth-order valence-corrected chi connectivity index (χ4v) is 2.42. The maximum Gasteiger partial charge on any atom is 0.307 e. The van der Waals surface area contributed by atoms with E-state index in [1.165, 1.54) is 51.4 Å². The molecule has 18 heavy (non-hydrogen) atoms. The smallest absolute Gasteiger partial charge is 0.307 e. The standard InChI is InChI=1S/C15H29NO2/c1-2-3-4-5-6-7-8-9-11-16-14-10-12-18-15(17)13-14/h14,16H,2-13H2,1H3. The minimum absolute atomic E-state index is 0.0466. The van der Waals surface area contributed by atoms with Crippen LogP contribution in [0.5, 0.6) is 0 Å². The van der Waals surface area contributed by atoms with Gasteiger partial charge < -0.3 is 10.1 Å². The van der Waals surface area contributed by atoms with Crippen LogP contribution in [0.1, 0.15) is 71.1 Å². The average Bonchev–Trinajstić information content (AvgIpc) is 2.37. The van der Waals surface area contributed by atoms with Gasteiger partial charge in [-0.2, -0.15) is 0 Å². The highest BCUT2D eigenvalue weighted by molar-refractivity contribution is 5.70. The molecule has 0 spiro atoms. The van der Waals surface area contributed by atoms with Gasteiger partial charge in [-0.3, -0.25) is 4.79 Å². The van der Waals surface area contributed by atoms with Crippen LogP contribution in [0.25, 0.3) is 0 Å². The molecule has 0 radical (unpaired) electrons. The molecule has 1 aliphatic heterocycles. The first kappa shape index (κ1) is 15.5. The molecule has 1 N–H and O–H groups in total. The molecule has 1 saturated heterocycles. The van der Waals surface area contributed by atoms with E-state index in [1.807, 2.05) is 0 Å². The van der Waals surface area contributed by atoms with Crippen LogP contribution in [0, 0.1) is 0 Å². The number of cyclic esters (lactones) is 1. The highest BCUT2D eigenvalue weighted by Gasteiger charge is 2.19. The van der Waals surface area contributed by atoms with E-state index in [-0.39, 0.29) is 5.97 Å². The van der Waals surface area contributed by atoms with Gasteiger partial charge in [0, 0.05) is 6.04 Å². The van der Waals surface area contributed by atoms with Crippen molar-refractivity contribution in [1.29, 1.82) is 0 Å². The largest absolute Gasteiger partial charge is 0.466 e. The highest BCUT2D eigenvalue weighted by atomic mass is 16.5. The molecule has 106 valence electrons. The fourth-order valence-electron chi connectivity index (χ4n) is 2.42. The topological polar surface area (TPSA) is 38.3 Å². The molecule has 0 saturated carbocycles. The third-order valence-electron chi connectivity index (χ3n) is 3.61. The molecule has 0 aliphatic carbocycles. The molecule has 1 rings (SSSR count). The third-order valence-corrected chi connectivity index (χ3v) is 3.61. The first-order chi connectivity index (χ1) is 8.83. The predicted octanol–water partition coefficient (Wildman–Crippen LogP) is 3.42. The number of rotatable bonds is 10. The average molecular weight is 255 g/mol. The van der Waals surface area contributed by atoms with Crippen molar-refractivity contribution in [2.24, 2.45) is 0 Å². The Morgan fingerprint density at radius 3 is 2.44 bits per heavy atom. The molecule has 0 aromatic carbocycles. The molecule has 1 atom stereocenters. The molecule has 1 unspecified atom stereocenters. The summed E-state index contributed by atoms with van der Waals surface area (Å²) in [6.07, 6.45) is 12.3. The minimum atomic E-state index is -0.0466. The van der Waals surface area contributed by atoms with Crippen LogP contribution in [-0.2, 0) is 9.53 Å². The van der Waals surface area contributed by atoms with Gasteiger partial charge in [-0.05, 0) is 19.4 Å². The zero-order valence-corrected chi connectivity index (χ0v) is 11.9. The Kier molecular flexibility index (Phi) is 8.92. The fraction of sp³-hybridized carbons (Fsp3) is 0.933. The maximum absolute atomic E-state index is 11.1. The first-order valence-electron chi connectivity index (χ1n) is 7.72. The SMILES string of the molecule is CCCCCCCCCCNC1CCOC(=O)C1. The van der Waals surface area contributed by atoms with E-state index < -0.39 is 0 Å². The molecule has 1 aliphatic rings. The Bertz CT molecular complexity index is 219. The first-order valence-corrected chi connectivity index (χ1v) is 7.72. The highest BCUT2D eigenvalue weighted by Crippen LogP contribution is 2.10. The van der Waals surface area contributed by atoms with Gasteiger partial charge in [0.05, 0.1) is 13.0 Å². The van der Waals surface area contributed by atoms with E-state index in [0.29, 0.717) is 19.1 Å². The lowest BCUT2D eigenvalue weighted by Crippen LogP contribution is -2.37. The van der Waals surface area contributed by atoms with E-state index in [9.17, 15) is 4.79 Å². The number of hydrogen-bond donors (Lipinski definition) is 1. The summed E-state index contributed by atoms with van der Waals surface area (Å²) in [6.45, 7) is 3.90. The molecular weight excluding hydrogens is 226 g/mol. The molecule has 0 aromatic rings. The van der Waals surface area contributed by atoms with E-state index in [0.717, 1.165) is 13.0 Å². The van der Waals surface area contributed by atoms with Gasteiger partial charge in [-0.25, -0.2) is 0 Å². The molecule has 0 amide bonds. The number of unbranched alkanes of at least 4 members (excludes halogenated alkanes) is 7. The normalized spacial score (nSPS) is 19.8. The molecule has 3 heteroatoms. The summed E-state index contributed by atoms with van der Waals surface area (Å²) >= 11 is 0. The lowest BCUT2D eigenvalue weighted by atomic mass is 10.1. The van der Waals surface area contributed by atoms with Crippen molar-refractivity contribution in [2.45, 2.75) is 77.2 Å². The number of ether oxygens (including phenoxy) is 1. The summed E-state index contributed by atoms with van der Waals surface area (Å²) in [5.41, 5.74) is 0. The van der Waals surface area contributed by atoms with Gasteiger partial charge in [0.2, 0.25) is 0 Å². The zero-order valence-electron chi connectivity index (χ0n) is 11.9. The number of carbonyl (C=O) groups excluding carboxylic acids is 1. The van der Waals surface area contributed by atoms with Crippen molar-refractivity contribution in [1.82, 2.24) is 5.32 Å².